The van der Waals surface area contributed by atoms with Gasteiger partial charge in [-0.1, -0.05) is 6.42 Å². The normalized spacial score (nSPS) is 43.2. The number of carbonyl (C=O) groups excluding carboxylic acids is 1. The topological polar surface area (TPSA) is 49.6 Å². The van der Waals surface area contributed by atoms with Gasteiger partial charge >= 0.3 is 0 Å². The van der Waals surface area contributed by atoms with Crippen molar-refractivity contribution in [2.75, 3.05) is 13.6 Å². The van der Waals surface area contributed by atoms with Crippen LogP contribution in [0.25, 0.3) is 0 Å². The summed E-state index contributed by atoms with van der Waals surface area (Å²) in [5.74, 6) is 0.331. The van der Waals surface area contributed by atoms with Crippen LogP contribution in [0.2, 0.25) is 0 Å². The van der Waals surface area contributed by atoms with Gasteiger partial charge in [-0.25, -0.2) is 0 Å². The van der Waals surface area contributed by atoms with Crippen LogP contribution in [0.5, 0.6) is 0 Å². The van der Waals surface area contributed by atoms with Gasteiger partial charge in [0.05, 0.1) is 6.04 Å². The first-order chi connectivity index (χ1) is 8.16. The molecule has 0 saturated carbocycles. The number of amides is 1. The molecule has 3 saturated heterocycles. The summed E-state index contributed by atoms with van der Waals surface area (Å²) < 4.78 is 0. The van der Waals surface area contributed by atoms with E-state index >= 15 is 0 Å². The molecule has 0 aromatic heterocycles. The Balaban J connectivity index is 1.80. The first kappa shape index (κ1) is 11.5. The van der Waals surface area contributed by atoms with Crippen molar-refractivity contribution in [2.45, 2.75) is 62.7 Å². The molecule has 4 nitrogen and oxygen atoms in total. The van der Waals surface area contributed by atoms with E-state index in [2.05, 4.69) is 4.90 Å². The number of nitrogens with zero attached hydrogens (tertiary/aromatic N) is 2. The number of hydrogen-bond donors (Lipinski definition) is 1. The smallest absolute Gasteiger partial charge is 0.239 e. The Bertz CT molecular complexity index is 306. The van der Waals surface area contributed by atoms with Gasteiger partial charge < -0.3 is 10.6 Å². The average Bonchev–Trinajstić information content (AvgIpc) is 2.59. The van der Waals surface area contributed by atoms with E-state index in [-0.39, 0.29) is 6.04 Å². The molecule has 17 heavy (non-hydrogen) atoms. The summed E-state index contributed by atoms with van der Waals surface area (Å²) >= 11 is 0. The van der Waals surface area contributed by atoms with Crippen LogP contribution in [0, 0.1) is 0 Å². The highest BCUT2D eigenvalue weighted by molar-refractivity contribution is 5.83. The number of carbonyl (C=O) groups is 1. The fourth-order valence-corrected chi connectivity index (χ4v) is 4.05. The molecular weight excluding hydrogens is 214 g/mol. The monoisotopic (exact) mass is 237 g/mol. The minimum atomic E-state index is 0.155. The number of piperidine rings is 2. The molecule has 3 unspecified atom stereocenters. The van der Waals surface area contributed by atoms with Crippen molar-refractivity contribution in [1.29, 1.82) is 0 Å². The summed E-state index contributed by atoms with van der Waals surface area (Å²) in [5.41, 5.74) is 6.13. The Morgan fingerprint density at radius 1 is 1.18 bits per heavy atom. The van der Waals surface area contributed by atoms with Crippen LogP contribution in [0.1, 0.15) is 38.5 Å². The van der Waals surface area contributed by atoms with Crippen molar-refractivity contribution in [3.05, 3.63) is 0 Å². The van der Waals surface area contributed by atoms with Crippen LogP contribution in [0.3, 0.4) is 0 Å². The molecule has 2 bridgehead atoms. The number of likely N-dealkylation sites (tertiary alicyclic amines) is 1. The van der Waals surface area contributed by atoms with E-state index in [0.717, 1.165) is 25.8 Å². The zero-order valence-electron chi connectivity index (χ0n) is 10.6. The summed E-state index contributed by atoms with van der Waals surface area (Å²) in [5, 5.41) is 0. The van der Waals surface area contributed by atoms with Gasteiger partial charge in [0.15, 0.2) is 0 Å². The van der Waals surface area contributed by atoms with Gasteiger partial charge in [0, 0.05) is 31.7 Å². The predicted octanol–water partition coefficient (Wildman–Crippen LogP) is 0.561. The van der Waals surface area contributed by atoms with Crippen LogP contribution in [-0.4, -0.2) is 53.5 Å². The molecular formula is C13H23N3O. The molecule has 3 rings (SSSR count). The van der Waals surface area contributed by atoms with Crippen LogP contribution >= 0.6 is 0 Å². The molecule has 3 atom stereocenters. The fourth-order valence-electron chi connectivity index (χ4n) is 4.05. The molecule has 3 heterocycles. The second-order valence-corrected chi connectivity index (χ2v) is 5.98. The Morgan fingerprint density at radius 2 is 1.82 bits per heavy atom. The van der Waals surface area contributed by atoms with Gasteiger partial charge in [0.2, 0.25) is 5.91 Å². The van der Waals surface area contributed by atoms with Crippen molar-refractivity contribution in [2.24, 2.45) is 5.73 Å². The molecule has 0 radical (unpaired) electrons. The Morgan fingerprint density at radius 3 is 2.35 bits per heavy atom. The van der Waals surface area contributed by atoms with Crippen LogP contribution < -0.4 is 5.73 Å². The van der Waals surface area contributed by atoms with E-state index in [4.69, 9.17) is 5.73 Å². The van der Waals surface area contributed by atoms with Crippen LogP contribution in [0.15, 0.2) is 0 Å². The zero-order valence-corrected chi connectivity index (χ0v) is 10.6. The second kappa shape index (κ2) is 4.25. The lowest BCUT2D eigenvalue weighted by atomic mass is 9.80. The molecule has 0 aromatic carbocycles. The molecule has 1 amide bonds. The van der Waals surface area contributed by atoms with Gasteiger partial charge in [-0.3, -0.25) is 9.69 Å². The highest BCUT2D eigenvalue weighted by atomic mass is 16.2. The lowest BCUT2D eigenvalue weighted by Crippen LogP contribution is -2.60. The quantitative estimate of drug-likeness (QED) is 0.725. The standard InChI is InChI=1S/C13H23N3O/c1-15-6-5-12(13(15)17)16-10-3-2-4-11(16)8-9(14)7-10/h9-12H,2-8,14H2,1H3. The summed E-state index contributed by atoms with van der Waals surface area (Å²) in [6, 6.07) is 1.65. The Hall–Kier alpha value is -0.610. The molecule has 2 N–H and O–H groups in total. The van der Waals surface area contributed by atoms with Gasteiger partial charge in [-0.15, -0.1) is 0 Å². The summed E-state index contributed by atoms with van der Waals surface area (Å²) in [4.78, 5) is 16.6. The predicted molar refractivity (Wildman–Crippen MR) is 66.5 cm³/mol. The minimum absolute atomic E-state index is 0.155. The van der Waals surface area contributed by atoms with Crippen molar-refractivity contribution < 1.29 is 4.79 Å². The third kappa shape index (κ3) is 1.87. The second-order valence-electron chi connectivity index (χ2n) is 5.98. The van der Waals surface area contributed by atoms with E-state index < -0.39 is 0 Å². The maximum Gasteiger partial charge on any atom is 0.239 e. The van der Waals surface area contributed by atoms with Crippen LogP contribution in [-0.2, 0) is 4.79 Å². The molecule has 0 aromatic rings. The molecule has 0 spiro atoms. The largest absolute Gasteiger partial charge is 0.344 e. The number of rotatable bonds is 1. The Labute approximate surface area is 103 Å². The van der Waals surface area contributed by atoms with Gasteiger partial charge in [0.25, 0.3) is 0 Å². The van der Waals surface area contributed by atoms with E-state index in [1.165, 1.54) is 19.3 Å². The van der Waals surface area contributed by atoms with Crippen molar-refractivity contribution in [1.82, 2.24) is 9.80 Å². The maximum atomic E-state index is 12.2. The summed E-state index contributed by atoms with van der Waals surface area (Å²) in [6.45, 7) is 0.922. The van der Waals surface area contributed by atoms with Gasteiger partial charge in [-0.2, -0.15) is 0 Å². The number of hydrogen-bond acceptors (Lipinski definition) is 3. The van der Waals surface area contributed by atoms with Crippen molar-refractivity contribution in [3.63, 3.8) is 0 Å². The van der Waals surface area contributed by atoms with Crippen molar-refractivity contribution in [3.8, 4) is 0 Å². The van der Waals surface area contributed by atoms with E-state index in [9.17, 15) is 4.79 Å². The van der Waals surface area contributed by atoms with E-state index in [1.54, 1.807) is 0 Å². The zero-order chi connectivity index (χ0) is 12.0. The minimum Gasteiger partial charge on any atom is -0.344 e. The number of nitrogens with two attached hydrogens (primary N) is 1. The third-order valence-electron chi connectivity index (χ3n) is 4.83. The number of likely N-dealkylation sites (N-methyl/N-ethyl adjacent to an activating group) is 1. The SMILES string of the molecule is CN1CCC(N2C3CCCC2CC(N)C3)C1=O. The molecule has 3 aliphatic heterocycles. The number of fused-ring (bicyclic) bond motifs is 2. The van der Waals surface area contributed by atoms with E-state index in [1.807, 2.05) is 11.9 Å². The molecule has 96 valence electrons. The summed E-state index contributed by atoms with van der Waals surface area (Å²) in [6.07, 6.45) is 6.97. The lowest BCUT2D eigenvalue weighted by Gasteiger charge is -2.50. The first-order valence-electron chi connectivity index (χ1n) is 6.95. The first-order valence-corrected chi connectivity index (χ1v) is 6.95. The highest BCUT2D eigenvalue weighted by Gasteiger charge is 2.45. The molecule has 4 heteroatoms. The fraction of sp³-hybridized carbons (Fsp3) is 0.923. The third-order valence-corrected chi connectivity index (χ3v) is 4.83. The molecule has 3 aliphatic rings. The van der Waals surface area contributed by atoms with Crippen LogP contribution in [0.4, 0.5) is 0 Å². The maximum absolute atomic E-state index is 12.2. The van der Waals surface area contributed by atoms with Gasteiger partial charge in [0.1, 0.15) is 0 Å². The average molecular weight is 237 g/mol. The summed E-state index contributed by atoms with van der Waals surface area (Å²) in [7, 11) is 1.92. The molecule has 3 fully saturated rings. The van der Waals surface area contributed by atoms with E-state index in [0.29, 0.717) is 24.0 Å². The lowest BCUT2D eigenvalue weighted by molar-refractivity contribution is -0.135. The van der Waals surface area contributed by atoms with Gasteiger partial charge in [-0.05, 0) is 32.1 Å². The van der Waals surface area contributed by atoms with Crippen molar-refractivity contribution >= 4 is 5.91 Å². The molecule has 0 aliphatic carbocycles. The Kier molecular flexibility index (Phi) is 2.87. The highest BCUT2D eigenvalue weighted by Crippen LogP contribution is 2.37.